The topological polar surface area (TPSA) is 28.2 Å². The van der Waals surface area contributed by atoms with E-state index >= 15 is 0 Å². The van der Waals surface area contributed by atoms with Gasteiger partial charge < -0.3 is 5.32 Å². The molecule has 0 bridgehead atoms. The Morgan fingerprint density at radius 3 is 2.61 bits per heavy atom. The van der Waals surface area contributed by atoms with Gasteiger partial charge in [0.05, 0.1) is 10.7 Å². The zero-order valence-corrected chi connectivity index (χ0v) is 12.6. The van der Waals surface area contributed by atoms with E-state index in [1.165, 1.54) is 0 Å². The Balaban J connectivity index is 2.77. The summed E-state index contributed by atoms with van der Waals surface area (Å²) in [7, 11) is 0. The predicted molar refractivity (Wildman–Crippen MR) is 79.2 cm³/mol. The molecule has 0 aliphatic carbocycles. The van der Waals surface area contributed by atoms with Gasteiger partial charge in [0, 0.05) is 19.6 Å². The van der Waals surface area contributed by atoms with Crippen molar-refractivity contribution in [2.24, 2.45) is 5.92 Å². The molecule has 0 aliphatic heterocycles. The van der Waals surface area contributed by atoms with Crippen molar-refractivity contribution in [3.63, 3.8) is 0 Å². The molecule has 0 spiro atoms. The highest BCUT2D eigenvalue weighted by atomic mass is 35.5. The quantitative estimate of drug-likeness (QED) is 0.819. The van der Waals surface area contributed by atoms with Crippen LogP contribution in [0.3, 0.4) is 0 Å². The van der Waals surface area contributed by atoms with E-state index in [2.05, 4.69) is 42.9 Å². The number of aromatic nitrogens is 1. The van der Waals surface area contributed by atoms with Crippen molar-refractivity contribution in [1.82, 2.24) is 9.88 Å². The lowest BCUT2D eigenvalue weighted by Gasteiger charge is -2.22. The maximum Gasteiger partial charge on any atom is 0.126 e. The molecule has 1 heterocycles. The van der Waals surface area contributed by atoms with E-state index in [1.807, 2.05) is 12.1 Å². The van der Waals surface area contributed by atoms with Crippen LogP contribution in [0.15, 0.2) is 12.1 Å². The number of halogens is 1. The number of nitrogens with one attached hydrogen (secondary N) is 1. The molecule has 1 aromatic rings. The molecular weight excluding hydrogens is 246 g/mol. The highest BCUT2D eigenvalue weighted by Crippen LogP contribution is 2.18. The monoisotopic (exact) mass is 269 g/mol. The number of anilines is 1. The predicted octanol–water partition coefficient (Wildman–Crippen LogP) is 3.64. The van der Waals surface area contributed by atoms with E-state index in [0.29, 0.717) is 5.92 Å². The van der Waals surface area contributed by atoms with Gasteiger partial charge in [0.15, 0.2) is 0 Å². The summed E-state index contributed by atoms with van der Waals surface area (Å²) in [6.45, 7) is 12.5. The van der Waals surface area contributed by atoms with Crippen LogP contribution in [0.4, 0.5) is 5.82 Å². The molecule has 0 aromatic carbocycles. The highest BCUT2D eigenvalue weighted by molar-refractivity contribution is 6.31. The van der Waals surface area contributed by atoms with Gasteiger partial charge in [-0.2, -0.15) is 0 Å². The zero-order valence-electron chi connectivity index (χ0n) is 11.8. The molecule has 1 rings (SSSR count). The number of hydrogen-bond acceptors (Lipinski definition) is 3. The Kier molecular flexibility index (Phi) is 6.44. The minimum atomic E-state index is 0.653. The van der Waals surface area contributed by atoms with E-state index < -0.39 is 0 Å². The first kappa shape index (κ1) is 15.3. The summed E-state index contributed by atoms with van der Waals surface area (Å²) in [6.07, 6.45) is 0. The van der Waals surface area contributed by atoms with E-state index in [1.54, 1.807) is 0 Å². The van der Waals surface area contributed by atoms with Crippen molar-refractivity contribution in [2.45, 2.75) is 34.2 Å². The van der Waals surface area contributed by atoms with Crippen LogP contribution in [0.5, 0.6) is 0 Å². The van der Waals surface area contributed by atoms with Crippen molar-refractivity contribution < 1.29 is 0 Å². The molecule has 0 saturated heterocycles. The van der Waals surface area contributed by atoms with Crippen molar-refractivity contribution in [3.05, 3.63) is 22.8 Å². The van der Waals surface area contributed by atoms with Crippen LogP contribution in [-0.2, 0) is 6.54 Å². The van der Waals surface area contributed by atoms with Crippen molar-refractivity contribution >= 4 is 17.4 Å². The molecule has 0 unspecified atom stereocenters. The third-order valence-electron chi connectivity index (χ3n) is 2.72. The fourth-order valence-corrected chi connectivity index (χ4v) is 2.07. The smallest absolute Gasteiger partial charge is 0.126 e. The molecule has 0 fully saturated rings. The van der Waals surface area contributed by atoms with Gasteiger partial charge in [0.1, 0.15) is 5.82 Å². The Hall–Kier alpha value is -0.800. The van der Waals surface area contributed by atoms with Gasteiger partial charge >= 0.3 is 0 Å². The van der Waals surface area contributed by atoms with Crippen LogP contribution < -0.4 is 5.32 Å². The molecule has 1 aromatic heterocycles. The summed E-state index contributed by atoms with van der Waals surface area (Å²) >= 11 is 6.22. The van der Waals surface area contributed by atoms with Crippen molar-refractivity contribution in [2.75, 3.05) is 25.0 Å². The van der Waals surface area contributed by atoms with E-state index in [4.69, 9.17) is 11.6 Å². The van der Waals surface area contributed by atoms with Gasteiger partial charge in [-0.3, -0.25) is 4.90 Å². The van der Waals surface area contributed by atoms with Crippen molar-refractivity contribution in [3.8, 4) is 0 Å². The van der Waals surface area contributed by atoms with Crippen LogP contribution >= 0.6 is 11.6 Å². The Labute approximate surface area is 116 Å². The van der Waals surface area contributed by atoms with Gasteiger partial charge in [0.25, 0.3) is 0 Å². The molecule has 0 radical (unpaired) electrons. The van der Waals surface area contributed by atoms with Gasteiger partial charge in [0.2, 0.25) is 0 Å². The SMILES string of the molecule is CCNc1ccc(Cl)c(CN(CC)CC(C)C)n1. The molecule has 3 nitrogen and oxygen atoms in total. The molecule has 0 amide bonds. The third-order valence-corrected chi connectivity index (χ3v) is 3.06. The van der Waals surface area contributed by atoms with Gasteiger partial charge in [-0.05, 0) is 31.5 Å². The number of pyridine rings is 1. The molecule has 0 atom stereocenters. The summed E-state index contributed by atoms with van der Waals surface area (Å²) in [5.41, 5.74) is 0.956. The molecule has 102 valence electrons. The van der Waals surface area contributed by atoms with Crippen LogP contribution in [0.25, 0.3) is 0 Å². The maximum atomic E-state index is 6.22. The lowest BCUT2D eigenvalue weighted by molar-refractivity contribution is 0.246. The van der Waals surface area contributed by atoms with Crippen molar-refractivity contribution in [1.29, 1.82) is 0 Å². The van der Waals surface area contributed by atoms with Crippen LogP contribution in [0.2, 0.25) is 5.02 Å². The van der Waals surface area contributed by atoms with Crippen LogP contribution in [0, 0.1) is 5.92 Å². The molecule has 4 heteroatoms. The zero-order chi connectivity index (χ0) is 13.5. The van der Waals surface area contributed by atoms with E-state index in [9.17, 15) is 0 Å². The van der Waals surface area contributed by atoms with Gasteiger partial charge in [-0.25, -0.2) is 4.98 Å². The first-order chi connectivity index (χ1) is 8.56. The minimum absolute atomic E-state index is 0.653. The second kappa shape index (κ2) is 7.59. The first-order valence-corrected chi connectivity index (χ1v) is 7.06. The average molecular weight is 270 g/mol. The Morgan fingerprint density at radius 2 is 2.06 bits per heavy atom. The standard InChI is InChI=1S/C14H24ClN3/c1-5-16-14-8-7-12(15)13(17-14)10-18(6-2)9-11(3)4/h7-8,11H,5-6,9-10H2,1-4H3,(H,16,17). The average Bonchev–Trinajstić information content (AvgIpc) is 2.32. The van der Waals surface area contributed by atoms with Gasteiger partial charge in [-0.1, -0.05) is 32.4 Å². The summed E-state index contributed by atoms with van der Waals surface area (Å²) in [5, 5.41) is 3.97. The second-order valence-corrected chi connectivity index (χ2v) is 5.28. The second-order valence-electron chi connectivity index (χ2n) is 4.88. The number of rotatable bonds is 7. The summed E-state index contributed by atoms with van der Waals surface area (Å²) < 4.78 is 0. The van der Waals surface area contributed by atoms with Crippen LogP contribution in [-0.4, -0.2) is 29.5 Å². The molecule has 0 saturated carbocycles. The lowest BCUT2D eigenvalue weighted by Crippen LogP contribution is -2.27. The fraction of sp³-hybridized carbons (Fsp3) is 0.643. The summed E-state index contributed by atoms with van der Waals surface area (Å²) in [5.74, 6) is 1.55. The first-order valence-electron chi connectivity index (χ1n) is 6.68. The summed E-state index contributed by atoms with van der Waals surface area (Å²) in [4.78, 5) is 6.94. The Bertz CT molecular complexity index is 366. The fourth-order valence-electron chi connectivity index (χ4n) is 1.91. The normalized spacial score (nSPS) is 11.3. The number of hydrogen-bond donors (Lipinski definition) is 1. The van der Waals surface area contributed by atoms with Crippen LogP contribution in [0.1, 0.15) is 33.4 Å². The molecule has 1 N–H and O–H groups in total. The maximum absolute atomic E-state index is 6.22. The lowest BCUT2D eigenvalue weighted by atomic mass is 10.2. The number of nitrogens with zero attached hydrogens (tertiary/aromatic N) is 2. The molecule has 0 aliphatic rings. The molecule has 18 heavy (non-hydrogen) atoms. The highest BCUT2D eigenvalue weighted by Gasteiger charge is 2.10. The van der Waals surface area contributed by atoms with E-state index in [-0.39, 0.29) is 0 Å². The van der Waals surface area contributed by atoms with E-state index in [0.717, 1.165) is 42.7 Å². The largest absolute Gasteiger partial charge is 0.370 e. The summed E-state index contributed by atoms with van der Waals surface area (Å²) in [6, 6.07) is 3.85. The Morgan fingerprint density at radius 1 is 1.33 bits per heavy atom. The minimum Gasteiger partial charge on any atom is -0.370 e. The third kappa shape index (κ3) is 4.83. The molecular formula is C14H24ClN3. The van der Waals surface area contributed by atoms with Gasteiger partial charge in [-0.15, -0.1) is 0 Å².